The van der Waals surface area contributed by atoms with E-state index in [1.807, 2.05) is 0 Å². The van der Waals surface area contributed by atoms with Crippen LogP contribution in [0.4, 0.5) is 11.4 Å². The lowest BCUT2D eigenvalue weighted by molar-refractivity contribution is 0.0698. The molecule has 0 bridgehead atoms. The van der Waals surface area contributed by atoms with Gasteiger partial charge in [0.05, 0.1) is 16.9 Å². The molecule has 4 heteroatoms. The zero-order valence-electron chi connectivity index (χ0n) is 8.58. The van der Waals surface area contributed by atoms with Crippen LogP contribution in [0.15, 0.2) is 18.2 Å². The van der Waals surface area contributed by atoms with Gasteiger partial charge < -0.3 is 16.2 Å². The number of anilines is 2. The zero-order valence-corrected chi connectivity index (χ0v) is 8.58. The van der Waals surface area contributed by atoms with E-state index in [2.05, 4.69) is 12.2 Å². The molecule has 0 amide bonds. The van der Waals surface area contributed by atoms with Gasteiger partial charge in [-0.3, -0.25) is 0 Å². The zero-order chi connectivity index (χ0) is 11.1. The molecule has 80 valence electrons. The summed E-state index contributed by atoms with van der Waals surface area (Å²) in [5.74, 6) is -0.950. The van der Waals surface area contributed by atoms with Crippen molar-refractivity contribution < 1.29 is 9.90 Å². The van der Waals surface area contributed by atoms with Gasteiger partial charge in [-0.2, -0.15) is 0 Å². The van der Waals surface area contributed by atoms with Gasteiger partial charge in [0.15, 0.2) is 0 Å². The number of carbonyl (C=O) groups is 1. The van der Waals surface area contributed by atoms with Crippen molar-refractivity contribution in [2.45, 2.75) is 25.3 Å². The number of nitrogens with two attached hydrogens (primary N) is 1. The molecule has 1 aromatic carbocycles. The first-order valence-electron chi connectivity index (χ1n) is 4.92. The number of carboxylic acid groups (broad SMARTS) is 1. The Bertz CT molecular complexity index is 411. The number of hydrogen-bond donors (Lipinski definition) is 3. The van der Waals surface area contributed by atoms with Gasteiger partial charge in [-0.15, -0.1) is 0 Å². The van der Waals surface area contributed by atoms with Crippen LogP contribution in [0.3, 0.4) is 0 Å². The number of rotatable bonds is 3. The first kappa shape index (κ1) is 9.83. The first-order chi connectivity index (χ1) is 7.02. The quantitative estimate of drug-likeness (QED) is 0.660. The lowest BCUT2D eigenvalue weighted by Gasteiger charge is -2.17. The summed E-state index contributed by atoms with van der Waals surface area (Å²) < 4.78 is 0. The third-order valence-corrected chi connectivity index (χ3v) is 2.75. The fraction of sp³-hybridized carbons (Fsp3) is 0.364. The summed E-state index contributed by atoms with van der Waals surface area (Å²) in [4.78, 5) is 11.0. The maximum absolute atomic E-state index is 11.0. The SMILES string of the molecule is CC1(Nc2c(N)cccc2C(=O)O)CC1. The first-order valence-corrected chi connectivity index (χ1v) is 4.92. The predicted octanol–water partition coefficient (Wildman–Crippen LogP) is 1.93. The van der Waals surface area contributed by atoms with Crippen LogP contribution in [-0.4, -0.2) is 16.6 Å². The van der Waals surface area contributed by atoms with Gasteiger partial charge in [-0.25, -0.2) is 4.79 Å². The number of hydrogen-bond acceptors (Lipinski definition) is 3. The molecule has 0 saturated heterocycles. The van der Waals surface area contributed by atoms with Crippen molar-refractivity contribution in [3.05, 3.63) is 23.8 Å². The fourth-order valence-electron chi connectivity index (χ4n) is 1.50. The summed E-state index contributed by atoms with van der Waals surface area (Å²) in [6.07, 6.45) is 2.11. The van der Waals surface area contributed by atoms with Gasteiger partial charge in [0, 0.05) is 5.54 Å². The summed E-state index contributed by atoms with van der Waals surface area (Å²) in [5, 5.41) is 12.2. The van der Waals surface area contributed by atoms with Crippen molar-refractivity contribution in [3.63, 3.8) is 0 Å². The minimum absolute atomic E-state index is 0.0275. The lowest BCUT2D eigenvalue weighted by Crippen LogP contribution is -2.19. The molecule has 4 nitrogen and oxygen atoms in total. The molecule has 1 saturated carbocycles. The lowest BCUT2D eigenvalue weighted by atomic mass is 10.1. The van der Waals surface area contributed by atoms with Crippen LogP contribution in [0.5, 0.6) is 0 Å². The molecule has 0 aliphatic heterocycles. The average molecular weight is 206 g/mol. The Morgan fingerprint density at radius 3 is 2.73 bits per heavy atom. The molecule has 1 aromatic rings. The molecule has 0 atom stereocenters. The maximum Gasteiger partial charge on any atom is 0.337 e. The fourth-order valence-corrected chi connectivity index (χ4v) is 1.50. The van der Waals surface area contributed by atoms with E-state index in [0.717, 1.165) is 12.8 Å². The number of benzene rings is 1. The Hall–Kier alpha value is -1.71. The van der Waals surface area contributed by atoms with Crippen LogP contribution < -0.4 is 11.1 Å². The summed E-state index contributed by atoms with van der Waals surface area (Å²) >= 11 is 0. The van der Waals surface area contributed by atoms with E-state index in [1.54, 1.807) is 18.2 Å². The Kier molecular flexibility index (Phi) is 2.07. The highest BCUT2D eigenvalue weighted by Crippen LogP contribution is 2.40. The highest BCUT2D eigenvalue weighted by Gasteiger charge is 2.38. The normalized spacial score (nSPS) is 17.1. The monoisotopic (exact) mass is 206 g/mol. The van der Waals surface area contributed by atoms with E-state index < -0.39 is 5.97 Å². The smallest absolute Gasteiger partial charge is 0.337 e. The van der Waals surface area contributed by atoms with Crippen LogP contribution in [0.25, 0.3) is 0 Å². The number of para-hydroxylation sites is 1. The van der Waals surface area contributed by atoms with E-state index in [1.165, 1.54) is 0 Å². The average Bonchev–Trinajstić information content (AvgIpc) is 2.87. The molecule has 1 fully saturated rings. The van der Waals surface area contributed by atoms with E-state index in [9.17, 15) is 4.79 Å². The number of nitrogen functional groups attached to an aromatic ring is 1. The molecule has 1 aliphatic rings. The van der Waals surface area contributed by atoms with Gasteiger partial charge in [0.1, 0.15) is 0 Å². The Morgan fingerprint density at radius 1 is 1.53 bits per heavy atom. The van der Waals surface area contributed by atoms with E-state index in [0.29, 0.717) is 11.4 Å². The predicted molar refractivity (Wildman–Crippen MR) is 59.1 cm³/mol. The van der Waals surface area contributed by atoms with Gasteiger partial charge in [-0.05, 0) is 31.9 Å². The summed E-state index contributed by atoms with van der Waals surface area (Å²) in [7, 11) is 0. The van der Waals surface area contributed by atoms with Crippen LogP contribution in [0, 0.1) is 0 Å². The molecule has 0 unspecified atom stereocenters. The van der Waals surface area contributed by atoms with Gasteiger partial charge in [-0.1, -0.05) is 6.07 Å². The van der Waals surface area contributed by atoms with E-state index in [-0.39, 0.29) is 11.1 Å². The van der Waals surface area contributed by atoms with Crippen LogP contribution in [0.2, 0.25) is 0 Å². The van der Waals surface area contributed by atoms with E-state index in [4.69, 9.17) is 10.8 Å². The van der Waals surface area contributed by atoms with Crippen molar-refractivity contribution in [2.75, 3.05) is 11.1 Å². The molecular formula is C11H14N2O2. The van der Waals surface area contributed by atoms with Gasteiger partial charge in [0.2, 0.25) is 0 Å². The van der Waals surface area contributed by atoms with Crippen LogP contribution in [0.1, 0.15) is 30.1 Å². The molecule has 0 radical (unpaired) electrons. The van der Waals surface area contributed by atoms with Crippen LogP contribution in [-0.2, 0) is 0 Å². The van der Waals surface area contributed by atoms with E-state index >= 15 is 0 Å². The molecule has 0 heterocycles. The number of carboxylic acids is 1. The van der Waals surface area contributed by atoms with Crippen molar-refractivity contribution >= 4 is 17.3 Å². The van der Waals surface area contributed by atoms with Crippen molar-refractivity contribution in [1.29, 1.82) is 0 Å². The van der Waals surface area contributed by atoms with Crippen molar-refractivity contribution in [1.82, 2.24) is 0 Å². The van der Waals surface area contributed by atoms with Gasteiger partial charge in [0.25, 0.3) is 0 Å². The Morgan fingerprint density at radius 2 is 2.20 bits per heavy atom. The Balaban J connectivity index is 2.38. The summed E-state index contributed by atoms with van der Waals surface area (Å²) in [5.41, 5.74) is 7.07. The Labute approximate surface area is 88.1 Å². The number of aromatic carboxylic acids is 1. The summed E-state index contributed by atoms with van der Waals surface area (Å²) in [6, 6.07) is 4.92. The minimum Gasteiger partial charge on any atom is -0.478 e. The minimum atomic E-state index is -0.950. The molecule has 15 heavy (non-hydrogen) atoms. The largest absolute Gasteiger partial charge is 0.478 e. The second kappa shape index (κ2) is 3.15. The molecule has 1 aliphatic carbocycles. The molecular weight excluding hydrogens is 192 g/mol. The summed E-state index contributed by atoms with van der Waals surface area (Å²) in [6.45, 7) is 2.06. The van der Waals surface area contributed by atoms with Crippen LogP contribution >= 0.6 is 0 Å². The van der Waals surface area contributed by atoms with Gasteiger partial charge >= 0.3 is 5.97 Å². The highest BCUT2D eigenvalue weighted by atomic mass is 16.4. The number of nitrogens with one attached hydrogen (secondary N) is 1. The molecule has 2 rings (SSSR count). The van der Waals surface area contributed by atoms with Crippen molar-refractivity contribution in [2.24, 2.45) is 0 Å². The second-order valence-corrected chi connectivity index (χ2v) is 4.26. The highest BCUT2D eigenvalue weighted by molar-refractivity contribution is 5.97. The molecule has 0 spiro atoms. The topological polar surface area (TPSA) is 75.3 Å². The third-order valence-electron chi connectivity index (χ3n) is 2.75. The maximum atomic E-state index is 11.0. The second-order valence-electron chi connectivity index (χ2n) is 4.26. The standard InChI is InChI=1S/C11H14N2O2/c1-11(5-6-11)13-9-7(10(14)15)3-2-4-8(9)12/h2-4,13H,5-6,12H2,1H3,(H,14,15). The molecule has 0 aromatic heterocycles. The van der Waals surface area contributed by atoms with Crippen molar-refractivity contribution in [3.8, 4) is 0 Å². The third kappa shape index (κ3) is 1.88. The molecule has 4 N–H and O–H groups in total.